The van der Waals surface area contributed by atoms with Crippen molar-refractivity contribution in [3.63, 3.8) is 0 Å². The number of fused-ring (bicyclic) bond motifs is 2. The third kappa shape index (κ3) is 3.70. The number of carbonyl (C=O) groups excluding carboxylic acids is 1. The number of aryl methyl sites for hydroxylation is 1. The number of aromatic nitrogens is 2. The minimum Gasteiger partial charge on any atom is -0.393 e. The summed E-state index contributed by atoms with van der Waals surface area (Å²) in [7, 11) is 0. The van der Waals surface area contributed by atoms with Gasteiger partial charge in [0.2, 0.25) is 0 Å². The second kappa shape index (κ2) is 7.67. The molecule has 3 N–H and O–H groups in total. The molecule has 0 radical (unpaired) electrons. The van der Waals surface area contributed by atoms with Crippen LogP contribution in [0.1, 0.15) is 52.3 Å². The van der Waals surface area contributed by atoms with Crippen LogP contribution < -0.4 is 5.32 Å². The van der Waals surface area contributed by atoms with Crippen molar-refractivity contribution in [2.45, 2.75) is 57.7 Å². The lowest BCUT2D eigenvalue weighted by molar-refractivity contribution is 0.0731. The summed E-state index contributed by atoms with van der Waals surface area (Å²) in [5.74, 6) is -0.374. The number of aromatic amines is 1. The van der Waals surface area contributed by atoms with Crippen molar-refractivity contribution >= 4 is 33.3 Å². The van der Waals surface area contributed by atoms with Gasteiger partial charge in [-0.3, -0.25) is 4.79 Å². The number of H-pyrrole nitrogens is 1. The number of carbonyl (C=O) groups is 1. The molecule has 0 atom stereocenters. The third-order valence-electron chi connectivity index (χ3n) is 6.18. The van der Waals surface area contributed by atoms with E-state index in [0.717, 1.165) is 58.8 Å². The second-order valence-electron chi connectivity index (χ2n) is 8.38. The molecule has 2 aromatic heterocycles. The van der Waals surface area contributed by atoms with Crippen LogP contribution in [0.25, 0.3) is 10.9 Å². The Morgan fingerprint density at radius 1 is 1.30 bits per heavy atom. The Labute approximate surface area is 178 Å². The van der Waals surface area contributed by atoms with Crippen LogP contribution in [-0.2, 0) is 13.0 Å². The van der Waals surface area contributed by atoms with E-state index in [1.807, 2.05) is 17.9 Å². The number of anilines is 1. The fourth-order valence-corrected chi connectivity index (χ4v) is 5.59. The van der Waals surface area contributed by atoms with Gasteiger partial charge in [-0.25, -0.2) is 9.37 Å². The quantitative estimate of drug-likeness (QED) is 0.589. The second-order valence-corrected chi connectivity index (χ2v) is 9.47. The van der Waals surface area contributed by atoms with Crippen molar-refractivity contribution in [1.29, 1.82) is 0 Å². The van der Waals surface area contributed by atoms with E-state index in [9.17, 15) is 14.3 Å². The maximum absolute atomic E-state index is 13.7. The SMILES string of the molecule is Cc1cc(F)cc2[nH]c(C(=O)N3CCc4nc(N[C@H]5CC[C@@H](O)CC5)sc4C3)cc12. The predicted octanol–water partition coefficient (Wildman–Crippen LogP) is 3.99. The van der Waals surface area contributed by atoms with Crippen LogP contribution in [0.3, 0.4) is 0 Å². The van der Waals surface area contributed by atoms with Crippen LogP contribution in [0, 0.1) is 12.7 Å². The van der Waals surface area contributed by atoms with Crippen LogP contribution in [0.5, 0.6) is 0 Å². The standard InChI is InChI=1S/C22H25FN4O2S/c1-12-8-13(23)9-18-16(12)10-19(25-18)21(29)27-7-6-17-20(11-27)30-22(26-17)24-14-2-4-15(28)5-3-14/h8-10,14-15,25,28H,2-7,11H2,1H3,(H,24,26)/t14-,15+. The Morgan fingerprint density at radius 3 is 2.90 bits per heavy atom. The van der Waals surface area contributed by atoms with Crippen molar-refractivity contribution in [1.82, 2.24) is 14.9 Å². The van der Waals surface area contributed by atoms with Gasteiger partial charge in [0.15, 0.2) is 5.13 Å². The Kier molecular flexibility index (Phi) is 4.99. The van der Waals surface area contributed by atoms with E-state index in [4.69, 9.17) is 4.98 Å². The molecule has 0 unspecified atom stereocenters. The molecule has 30 heavy (non-hydrogen) atoms. The lowest BCUT2D eigenvalue weighted by Crippen LogP contribution is -2.35. The molecule has 0 bridgehead atoms. The summed E-state index contributed by atoms with van der Waals surface area (Å²) in [5.41, 5.74) is 3.02. The molecule has 1 amide bonds. The maximum Gasteiger partial charge on any atom is 0.270 e. The van der Waals surface area contributed by atoms with E-state index in [1.54, 1.807) is 11.3 Å². The average molecular weight is 429 g/mol. The van der Waals surface area contributed by atoms with Crippen molar-refractivity contribution in [3.05, 3.63) is 45.8 Å². The molecular formula is C22H25FN4O2S. The number of aliphatic hydroxyl groups excluding tert-OH is 1. The number of benzene rings is 1. The number of aliphatic hydroxyl groups is 1. The first kappa shape index (κ1) is 19.5. The molecule has 158 valence electrons. The van der Waals surface area contributed by atoms with Gasteiger partial charge in [0.05, 0.1) is 18.3 Å². The summed E-state index contributed by atoms with van der Waals surface area (Å²) in [4.78, 5) is 23.9. The number of hydrogen-bond donors (Lipinski definition) is 3. The molecule has 1 aliphatic carbocycles. The van der Waals surface area contributed by atoms with Gasteiger partial charge in [-0.15, -0.1) is 0 Å². The molecule has 1 aliphatic heterocycles. The monoisotopic (exact) mass is 428 g/mol. The minimum absolute atomic E-state index is 0.0687. The molecule has 3 heterocycles. The van der Waals surface area contributed by atoms with Gasteiger partial charge in [-0.05, 0) is 56.4 Å². The topological polar surface area (TPSA) is 81.2 Å². The largest absolute Gasteiger partial charge is 0.393 e. The highest BCUT2D eigenvalue weighted by Crippen LogP contribution is 2.31. The van der Waals surface area contributed by atoms with Gasteiger partial charge < -0.3 is 20.3 Å². The van der Waals surface area contributed by atoms with Gasteiger partial charge in [0, 0.05) is 34.8 Å². The molecule has 1 aromatic carbocycles. The number of halogens is 1. The number of thiazole rings is 1. The highest BCUT2D eigenvalue weighted by atomic mass is 32.1. The predicted molar refractivity (Wildman–Crippen MR) is 115 cm³/mol. The number of nitrogens with one attached hydrogen (secondary N) is 2. The maximum atomic E-state index is 13.7. The lowest BCUT2D eigenvalue weighted by atomic mass is 9.93. The van der Waals surface area contributed by atoms with Crippen LogP contribution in [-0.4, -0.2) is 44.6 Å². The molecule has 0 saturated heterocycles. The van der Waals surface area contributed by atoms with E-state index in [-0.39, 0.29) is 17.8 Å². The van der Waals surface area contributed by atoms with E-state index in [2.05, 4.69) is 10.3 Å². The number of hydrogen-bond acceptors (Lipinski definition) is 5. The van der Waals surface area contributed by atoms with E-state index in [1.165, 1.54) is 12.1 Å². The molecule has 0 spiro atoms. The van der Waals surface area contributed by atoms with Crippen LogP contribution in [0.2, 0.25) is 0 Å². The molecule has 2 aliphatic rings. The highest BCUT2D eigenvalue weighted by molar-refractivity contribution is 7.15. The zero-order valence-electron chi connectivity index (χ0n) is 16.9. The first-order valence-corrected chi connectivity index (χ1v) is 11.3. The molecule has 1 saturated carbocycles. The van der Waals surface area contributed by atoms with E-state index in [0.29, 0.717) is 30.3 Å². The van der Waals surface area contributed by atoms with Gasteiger partial charge in [0.25, 0.3) is 5.91 Å². The summed E-state index contributed by atoms with van der Waals surface area (Å²) < 4.78 is 13.7. The molecular weight excluding hydrogens is 403 g/mol. The average Bonchev–Trinajstić information content (AvgIpc) is 3.32. The smallest absolute Gasteiger partial charge is 0.270 e. The van der Waals surface area contributed by atoms with Crippen molar-refractivity contribution in [2.24, 2.45) is 0 Å². The molecule has 8 heteroatoms. The van der Waals surface area contributed by atoms with Crippen LogP contribution in [0.4, 0.5) is 9.52 Å². The molecule has 3 aromatic rings. The lowest BCUT2D eigenvalue weighted by Gasteiger charge is -2.25. The van der Waals surface area contributed by atoms with E-state index < -0.39 is 0 Å². The van der Waals surface area contributed by atoms with Crippen LogP contribution >= 0.6 is 11.3 Å². The fourth-order valence-electron chi connectivity index (χ4n) is 4.49. The summed E-state index contributed by atoms with van der Waals surface area (Å²) in [6.45, 7) is 3.01. The zero-order valence-corrected chi connectivity index (χ0v) is 17.7. The van der Waals surface area contributed by atoms with Crippen molar-refractivity contribution < 1.29 is 14.3 Å². The van der Waals surface area contributed by atoms with Gasteiger partial charge in [-0.1, -0.05) is 11.3 Å². The third-order valence-corrected chi connectivity index (χ3v) is 7.20. The highest BCUT2D eigenvalue weighted by Gasteiger charge is 2.27. The molecule has 5 rings (SSSR count). The number of amides is 1. The first-order chi connectivity index (χ1) is 14.5. The van der Waals surface area contributed by atoms with Gasteiger partial charge >= 0.3 is 0 Å². The summed E-state index contributed by atoms with van der Waals surface area (Å²) in [6, 6.07) is 5.09. The number of rotatable bonds is 3. The summed E-state index contributed by atoms with van der Waals surface area (Å²) in [5, 5.41) is 15.0. The summed E-state index contributed by atoms with van der Waals surface area (Å²) >= 11 is 1.62. The van der Waals surface area contributed by atoms with Crippen molar-refractivity contribution in [2.75, 3.05) is 11.9 Å². The summed E-state index contributed by atoms with van der Waals surface area (Å²) in [6.07, 6.45) is 4.14. The van der Waals surface area contributed by atoms with Crippen molar-refractivity contribution in [3.8, 4) is 0 Å². The minimum atomic E-state index is -0.305. The Morgan fingerprint density at radius 2 is 2.10 bits per heavy atom. The Bertz CT molecular complexity index is 1100. The van der Waals surface area contributed by atoms with Gasteiger partial charge in [-0.2, -0.15) is 0 Å². The number of nitrogens with zero attached hydrogens (tertiary/aromatic N) is 2. The Hall–Kier alpha value is -2.45. The fraction of sp³-hybridized carbons (Fsp3) is 0.455. The molecule has 1 fully saturated rings. The van der Waals surface area contributed by atoms with E-state index >= 15 is 0 Å². The Balaban J connectivity index is 1.30. The first-order valence-electron chi connectivity index (χ1n) is 10.5. The van der Waals surface area contributed by atoms with Crippen LogP contribution in [0.15, 0.2) is 18.2 Å². The zero-order chi connectivity index (χ0) is 20.8. The normalized spacial score (nSPS) is 21.6. The van der Waals surface area contributed by atoms with Gasteiger partial charge in [0.1, 0.15) is 11.5 Å². The molecule has 6 nitrogen and oxygen atoms in total.